The van der Waals surface area contributed by atoms with Crippen LogP contribution in [0, 0.1) is 0 Å². The minimum absolute atomic E-state index is 0.00497. The van der Waals surface area contributed by atoms with Crippen LogP contribution in [-0.2, 0) is 0 Å². The van der Waals surface area contributed by atoms with Gasteiger partial charge in [0.05, 0.1) is 10.5 Å². The van der Waals surface area contributed by atoms with Crippen LogP contribution in [-0.4, -0.2) is 16.1 Å². The lowest BCUT2D eigenvalue weighted by Gasteiger charge is -2.01. The first-order chi connectivity index (χ1) is 6.70. The van der Waals surface area contributed by atoms with Crippen molar-refractivity contribution in [3.8, 4) is 0 Å². The van der Waals surface area contributed by atoms with Gasteiger partial charge in [0.1, 0.15) is 0 Å². The fourth-order valence-electron chi connectivity index (χ4n) is 1.18. The highest BCUT2D eigenvalue weighted by Gasteiger charge is 2.12. The molecule has 0 aliphatic rings. The number of aromatic nitrogens is 2. The van der Waals surface area contributed by atoms with Crippen LogP contribution in [0.4, 0.5) is 0 Å². The van der Waals surface area contributed by atoms with Crippen LogP contribution in [0.5, 0.6) is 0 Å². The molecule has 0 aliphatic heterocycles. The fraction of sp³-hybridized carbons (Fsp3) is 0. The van der Waals surface area contributed by atoms with Crippen molar-refractivity contribution in [3.05, 3.63) is 35.0 Å². The molecule has 0 aliphatic carbocycles. The molecule has 2 N–H and O–H groups in total. The number of halogens is 1. The van der Waals surface area contributed by atoms with Crippen LogP contribution in [0.2, 0.25) is 5.02 Å². The number of benzene rings is 1. The summed E-state index contributed by atoms with van der Waals surface area (Å²) < 4.78 is 0. The van der Waals surface area contributed by atoms with E-state index in [-0.39, 0.29) is 10.7 Å². The van der Waals surface area contributed by atoms with Crippen LogP contribution in [0.15, 0.2) is 24.3 Å². The highest BCUT2D eigenvalue weighted by molar-refractivity contribution is 6.37. The fourth-order valence-corrected chi connectivity index (χ4v) is 1.47. The summed E-state index contributed by atoms with van der Waals surface area (Å²) in [5.41, 5.74) is 5.73. The van der Waals surface area contributed by atoms with Crippen molar-refractivity contribution < 1.29 is 4.79 Å². The van der Waals surface area contributed by atoms with E-state index in [4.69, 9.17) is 17.3 Å². The molecule has 0 radical (unpaired) electrons. The Balaban J connectivity index is 2.81. The first kappa shape index (κ1) is 8.90. The van der Waals surface area contributed by atoms with Gasteiger partial charge in [-0.3, -0.25) is 4.79 Å². The summed E-state index contributed by atoms with van der Waals surface area (Å²) in [6, 6.07) is 7.15. The highest BCUT2D eigenvalue weighted by atomic mass is 35.5. The van der Waals surface area contributed by atoms with Gasteiger partial charge >= 0.3 is 0 Å². The average Bonchev–Trinajstić information content (AvgIpc) is 2.18. The molecule has 2 aromatic rings. The van der Waals surface area contributed by atoms with E-state index < -0.39 is 5.91 Å². The molecule has 0 spiro atoms. The first-order valence-electron chi connectivity index (χ1n) is 3.91. The molecule has 0 saturated heterocycles. The normalized spacial score (nSPS) is 10.4. The van der Waals surface area contributed by atoms with E-state index in [1.54, 1.807) is 18.2 Å². The number of amides is 1. The second-order valence-electron chi connectivity index (χ2n) is 2.74. The lowest BCUT2D eigenvalue weighted by Crippen LogP contribution is -2.14. The number of nitrogens with zero attached hydrogens (tertiary/aromatic N) is 2. The third-order valence-corrected chi connectivity index (χ3v) is 2.22. The number of nitrogens with two attached hydrogens (primary N) is 1. The van der Waals surface area contributed by atoms with E-state index in [1.807, 2.05) is 6.07 Å². The molecule has 14 heavy (non-hydrogen) atoms. The van der Waals surface area contributed by atoms with Gasteiger partial charge in [0, 0.05) is 5.39 Å². The smallest absolute Gasteiger partial charge is 0.270 e. The van der Waals surface area contributed by atoms with Crippen LogP contribution in [0.25, 0.3) is 10.9 Å². The Bertz CT molecular complexity index is 512. The summed E-state index contributed by atoms with van der Waals surface area (Å²) in [6.45, 7) is 0. The summed E-state index contributed by atoms with van der Waals surface area (Å²) >= 11 is 5.93. The van der Waals surface area contributed by atoms with Gasteiger partial charge in [-0.2, -0.15) is 0 Å². The average molecular weight is 208 g/mol. The summed E-state index contributed by atoms with van der Waals surface area (Å²) in [7, 11) is 0. The second kappa shape index (κ2) is 3.23. The van der Waals surface area contributed by atoms with Crippen molar-refractivity contribution in [1.29, 1.82) is 0 Å². The topological polar surface area (TPSA) is 68.9 Å². The third-order valence-electron chi connectivity index (χ3n) is 1.84. The molecule has 4 nitrogen and oxygen atoms in total. The zero-order valence-corrected chi connectivity index (χ0v) is 7.82. The van der Waals surface area contributed by atoms with Crippen LogP contribution in [0.1, 0.15) is 10.5 Å². The number of primary amides is 1. The Hall–Kier alpha value is -1.68. The summed E-state index contributed by atoms with van der Waals surface area (Å²) in [4.78, 5) is 10.9. The van der Waals surface area contributed by atoms with Gasteiger partial charge in [-0.15, -0.1) is 10.2 Å². The standard InChI is InChI=1S/C9H6ClN3O/c10-7-5-3-1-2-4-6(5)12-13-8(7)9(11)14/h1-4H,(H2,11,14). The number of carbonyl (C=O) groups excluding carboxylic acids is 1. The van der Waals surface area contributed by atoms with E-state index in [9.17, 15) is 4.79 Å². The van der Waals surface area contributed by atoms with E-state index in [1.165, 1.54) is 0 Å². The molecule has 1 heterocycles. The number of hydrogen-bond acceptors (Lipinski definition) is 3. The largest absolute Gasteiger partial charge is 0.364 e. The van der Waals surface area contributed by atoms with Gasteiger partial charge in [0.25, 0.3) is 5.91 Å². The molecule has 0 bridgehead atoms. The maximum absolute atomic E-state index is 10.9. The minimum Gasteiger partial charge on any atom is -0.364 e. The Kier molecular flexibility index (Phi) is 2.05. The number of fused-ring (bicyclic) bond motifs is 1. The number of hydrogen-bond donors (Lipinski definition) is 1. The predicted molar refractivity (Wildman–Crippen MR) is 53.1 cm³/mol. The second-order valence-corrected chi connectivity index (χ2v) is 3.12. The van der Waals surface area contributed by atoms with Gasteiger partial charge in [0.2, 0.25) is 0 Å². The maximum Gasteiger partial charge on any atom is 0.270 e. The zero-order chi connectivity index (χ0) is 10.1. The Labute approximate surface area is 84.7 Å². The van der Waals surface area contributed by atoms with Crippen molar-refractivity contribution in [2.45, 2.75) is 0 Å². The van der Waals surface area contributed by atoms with E-state index in [2.05, 4.69) is 10.2 Å². The molecule has 1 aromatic heterocycles. The monoisotopic (exact) mass is 207 g/mol. The van der Waals surface area contributed by atoms with Crippen LogP contribution < -0.4 is 5.73 Å². The quantitative estimate of drug-likeness (QED) is 0.768. The predicted octanol–water partition coefficient (Wildman–Crippen LogP) is 1.38. The lowest BCUT2D eigenvalue weighted by atomic mass is 10.2. The van der Waals surface area contributed by atoms with Gasteiger partial charge in [-0.25, -0.2) is 0 Å². The lowest BCUT2D eigenvalue weighted by molar-refractivity contribution is 0.0995. The van der Waals surface area contributed by atoms with Gasteiger partial charge < -0.3 is 5.73 Å². The van der Waals surface area contributed by atoms with E-state index in [0.29, 0.717) is 10.9 Å². The number of rotatable bonds is 1. The molecule has 1 aromatic carbocycles. The molecule has 70 valence electrons. The van der Waals surface area contributed by atoms with Crippen molar-refractivity contribution in [1.82, 2.24) is 10.2 Å². The molecule has 0 atom stereocenters. The zero-order valence-electron chi connectivity index (χ0n) is 7.07. The van der Waals surface area contributed by atoms with Gasteiger partial charge in [0.15, 0.2) is 5.69 Å². The van der Waals surface area contributed by atoms with Gasteiger partial charge in [-0.1, -0.05) is 29.8 Å². The van der Waals surface area contributed by atoms with Crippen LogP contribution >= 0.6 is 11.6 Å². The molecule has 0 saturated carbocycles. The van der Waals surface area contributed by atoms with Crippen molar-refractivity contribution >= 4 is 28.4 Å². The Morgan fingerprint density at radius 2 is 2.00 bits per heavy atom. The van der Waals surface area contributed by atoms with E-state index in [0.717, 1.165) is 0 Å². The number of carbonyl (C=O) groups is 1. The summed E-state index contributed by atoms with van der Waals surface area (Å²) in [5.74, 6) is -0.673. The third kappa shape index (κ3) is 1.29. The van der Waals surface area contributed by atoms with Gasteiger partial charge in [-0.05, 0) is 6.07 Å². The van der Waals surface area contributed by atoms with E-state index >= 15 is 0 Å². The van der Waals surface area contributed by atoms with Crippen LogP contribution in [0.3, 0.4) is 0 Å². The van der Waals surface area contributed by atoms with Crippen molar-refractivity contribution in [2.75, 3.05) is 0 Å². The minimum atomic E-state index is -0.673. The molecule has 5 heteroatoms. The molecule has 2 rings (SSSR count). The molecule has 0 unspecified atom stereocenters. The van der Waals surface area contributed by atoms with Crippen molar-refractivity contribution in [2.24, 2.45) is 5.73 Å². The summed E-state index contributed by atoms with van der Waals surface area (Å²) in [5, 5.41) is 8.41. The molecular formula is C9H6ClN3O. The molecular weight excluding hydrogens is 202 g/mol. The maximum atomic E-state index is 10.9. The SMILES string of the molecule is NC(=O)c1nnc2ccccc2c1Cl. The Morgan fingerprint density at radius 3 is 2.71 bits per heavy atom. The first-order valence-corrected chi connectivity index (χ1v) is 4.28. The molecule has 1 amide bonds. The summed E-state index contributed by atoms with van der Waals surface area (Å²) in [6.07, 6.45) is 0. The highest BCUT2D eigenvalue weighted by Crippen LogP contribution is 2.23. The molecule has 0 fully saturated rings. The Morgan fingerprint density at radius 1 is 1.29 bits per heavy atom. The van der Waals surface area contributed by atoms with Crippen molar-refractivity contribution in [3.63, 3.8) is 0 Å².